The summed E-state index contributed by atoms with van der Waals surface area (Å²) in [5.41, 5.74) is 0.376. The van der Waals surface area contributed by atoms with E-state index in [0.29, 0.717) is 5.84 Å². The molecule has 0 aliphatic carbocycles. The number of nitrogens with one attached hydrogen (secondary N) is 1. The Kier molecular flexibility index (Phi) is 1.73. The molecule has 68 valence electrons. The summed E-state index contributed by atoms with van der Waals surface area (Å²) in [4.78, 5) is 15.7. The zero-order chi connectivity index (χ0) is 9.47. The fraction of sp³-hybridized carbons (Fsp3) is 0.333. The molecule has 0 unspecified atom stereocenters. The van der Waals surface area contributed by atoms with Crippen molar-refractivity contribution >= 4 is 23.1 Å². The molecule has 1 N–H and O–H groups in total. The average Bonchev–Trinajstić information content (AvgIpc) is 2.60. The lowest BCUT2D eigenvalue weighted by atomic mass is 10.1. The molecule has 2 heterocycles. The predicted octanol–water partition coefficient (Wildman–Crippen LogP) is 1.40. The van der Waals surface area contributed by atoms with E-state index < -0.39 is 5.54 Å². The van der Waals surface area contributed by atoms with E-state index in [9.17, 15) is 4.79 Å². The normalized spacial score (nSPS) is 19.8. The first kappa shape index (κ1) is 8.44. The van der Waals surface area contributed by atoms with Gasteiger partial charge in [0.15, 0.2) is 0 Å². The Bertz CT molecular complexity index is 365. The van der Waals surface area contributed by atoms with Crippen LogP contribution in [0.3, 0.4) is 0 Å². The molecule has 13 heavy (non-hydrogen) atoms. The van der Waals surface area contributed by atoms with Crippen LogP contribution in [-0.2, 0) is 4.79 Å². The van der Waals surface area contributed by atoms with Gasteiger partial charge in [-0.2, -0.15) is 11.3 Å². The van der Waals surface area contributed by atoms with Gasteiger partial charge in [0.25, 0.3) is 5.91 Å². The molecule has 0 spiro atoms. The van der Waals surface area contributed by atoms with Crippen molar-refractivity contribution in [2.75, 3.05) is 0 Å². The minimum atomic E-state index is -0.614. The largest absolute Gasteiger partial charge is 0.308 e. The van der Waals surface area contributed by atoms with Gasteiger partial charge in [-0.3, -0.25) is 9.79 Å². The Morgan fingerprint density at radius 2 is 2.31 bits per heavy atom. The van der Waals surface area contributed by atoms with Crippen LogP contribution in [-0.4, -0.2) is 17.3 Å². The van der Waals surface area contributed by atoms with E-state index in [4.69, 9.17) is 0 Å². The van der Waals surface area contributed by atoms with Crippen molar-refractivity contribution in [3.8, 4) is 0 Å². The fourth-order valence-corrected chi connectivity index (χ4v) is 1.80. The molecule has 0 saturated heterocycles. The number of rotatable bonds is 1. The third-order valence-electron chi connectivity index (χ3n) is 1.97. The number of amides is 1. The van der Waals surface area contributed by atoms with Gasteiger partial charge in [-0.05, 0) is 25.3 Å². The Morgan fingerprint density at radius 3 is 2.77 bits per heavy atom. The topological polar surface area (TPSA) is 41.5 Å². The molecule has 0 bridgehead atoms. The molecule has 2 rings (SSSR count). The molecule has 1 aromatic heterocycles. The monoisotopic (exact) mass is 194 g/mol. The fourth-order valence-electron chi connectivity index (χ4n) is 1.15. The summed E-state index contributed by atoms with van der Waals surface area (Å²) in [5.74, 6) is 0.657. The second-order valence-electron chi connectivity index (χ2n) is 3.49. The van der Waals surface area contributed by atoms with E-state index in [1.807, 2.05) is 30.7 Å². The molecule has 0 atom stereocenters. The van der Waals surface area contributed by atoms with E-state index in [1.54, 1.807) is 11.3 Å². The molecule has 0 aromatic carbocycles. The summed E-state index contributed by atoms with van der Waals surface area (Å²) in [6.07, 6.45) is 0. The first-order chi connectivity index (χ1) is 6.09. The SMILES string of the molecule is CC1(C)N=C(c2ccsc2)NC1=O. The van der Waals surface area contributed by atoms with Crippen LogP contribution in [0.25, 0.3) is 0 Å². The molecule has 1 aromatic rings. The van der Waals surface area contributed by atoms with Crippen LogP contribution < -0.4 is 5.32 Å². The van der Waals surface area contributed by atoms with E-state index in [-0.39, 0.29) is 5.91 Å². The van der Waals surface area contributed by atoms with Crippen molar-refractivity contribution in [1.82, 2.24) is 5.32 Å². The highest BCUT2D eigenvalue weighted by atomic mass is 32.1. The Labute approximate surface area is 80.5 Å². The number of nitrogens with zero attached hydrogens (tertiary/aromatic N) is 1. The maximum absolute atomic E-state index is 11.4. The number of hydrogen-bond donors (Lipinski definition) is 1. The van der Waals surface area contributed by atoms with Crippen molar-refractivity contribution in [3.05, 3.63) is 22.4 Å². The number of hydrogen-bond acceptors (Lipinski definition) is 3. The number of carbonyl (C=O) groups excluding carboxylic acids is 1. The van der Waals surface area contributed by atoms with Crippen LogP contribution >= 0.6 is 11.3 Å². The average molecular weight is 194 g/mol. The van der Waals surface area contributed by atoms with Gasteiger partial charge in [-0.15, -0.1) is 0 Å². The maximum Gasteiger partial charge on any atom is 0.252 e. The van der Waals surface area contributed by atoms with E-state index >= 15 is 0 Å². The highest BCUT2D eigenvalue weighted by Gasteiger charge is 2.34. The van der Waals surface area contributed by atoms with E-state index in [2.05, 4.69) is 10.3 Å². The van der Waals surface area contributed by atoms with Crippen LogP contribution in [0.15, 0.2) is 21.8 Å². The number of amidine groups is 1. The van der Waals surface area contributed by atoms with Gasteiger partial charge in [0, 0.05) is 10.9 Å². The minimum absolute atomic E-state index is 0.0336. The molecule has 0 saturated carbocycles. The summed E-state index contributed by atoms with van der Waals surface area (Å²) >= 11 is 1.60. The Hall–Kier alpha value is -1.16. The van der Waals surface area contributed by atoms with Crippen LogP contribution in [0.1, 0.15) is 19.4 Å². The summed E-state index contributed by atoms with van der Waals surface area (Å²) in [5, 5.41) is 6.70. The molecule has 1 amide bonds. The highest BCUT2D eigenvalue weighted by molar-refractivity contribution is 7.08. The van der Waals surface area contributed by atoms with Crippen LogP contribution in [0.4, 0.5) is 0 Å². The van der Waals surface area contributed by atoms with Crippen molar-refractivity contribution in [3.63, 3.8) is 0 Å². The Balaban J connectivity index is 2.35. The second kappa shape index (κ2) is 2.67. The molecular formula is C9H10N2OS. The standard InChI is InChI=1S/C9H10N2OS/c1-9(2)8(12)10-7(11-9)6-3-4-13-5-6/h3-5H,1-2H3,(H,10,11,12). The van der Waals surface area contributed by atoms with Gasteiger partial charge in [-0.25, -0.2) is 0 Å². The third kappa shape index (κ3) is 1.37. The molecule has 3 nitrogen and oxygen atoms in total. The van der Waals surface area contributed by atoms with Crippen molar-refractivity contribution in [2.24, 2.45) is 4.99 Å². The van der Waals surface area contributed by atoms with Gasteiger partial charge in [0.2, 0.25) is 0 Å². The van der Waals surface area contributed by atoms with Crippen molar-refractivity contribution in [1.29, 1.82) is 0 Å². The zero-order valence-corrected chi connectivity index (χ0v) is 8.31. The van der Waals surface area contributed by atoms with Gasteiger partial charge < -0.3 is 5.32 Å². The first-order valence-electron chi connectivity index (χ1n) is 4.03. The lowest BCUT2D eigenvalue weighted by Gasteiger charge is -2.07. The minimum Gasteiger partial charge on any atom is -0.308 e. The summed E-state index contributed by atoms with van der Waals surface area (Å²) < 4.78 is 0. The molecule has 0 radical (unpaired) electrons. The zero-order valence-electron chi connectivity index (χ0n) is 7.50. The summed E-state index contributed by atoms with van der Waals surface area (Å²) in [6, 6.07) is 1.95. The van der Waals surface area contributed by atoms with Gasteiger partial charge >= 0.3 is 0 Å². The molecule has 0 fully saturated rings. The molecule has 1 aliphatic heterocycles. The quantitative estimate of drug-likeness (QED) is 0.721. The number of thiophene rings is 1. The van der Waals surface area contributed by atoms with Crippen LogP contribution in [0.5, 0.6) is 0 Å². The molecular weight excluding hydrogens is 184 g/mol. The van der Waals surface area contributed by atoms with E-state index in [0.717, 1.165) is 5.56 Å². The predicted molar refractivity (Wildman–Crippen MR) is 53.1 cm³/mol. The van der Waals surface area contributed by atoms with E-state index in [1.165, 1.54) is 0 Å². The van der Waals surface area contributed by atoms with Crippen molar-refractivity contribution < 1.29 is 4.79 Å². The lowest BCUT2D eigenvalue weighted by Crippen LogP contribution is -2.34. The molecule has 1 aliphatic rings. The number of carbonyl (C=O) groups is 1. The smallest absolute Gasteiger partial charge is 0.252 e. The lowest BCUT2D eigenvalue weighted by molar-refractivity contribution is -0.122. The Morgan fingerprint density at radius 1 is 1.54 bits per heavy atom. The van der Waals surface area contributed by atoms with Gasteiger partial charge in [-0.1, -0.05) is 0 Å². The summed E-state index contributed by atoms with van der Waals surface area (Å²) in [7, 11) is 0. The van der Waals surface area contributed by atoms with Gasteiger partial charge in [0.05, 0.1) is 0 Å². The molecule has 4 heteroatoms. The van der Waals surface area contributed by atoms with Crippen LogP contribution in [0, 0.1) is 0 Å². The van der Waals surface area contributed by atoms with Crippen molar-refractivity contribution in [2.45, 2.75) is 19.4 Å². The van der Waals surface area contributed by atoms with Gasteiger partial charge in [0.1, 0.15) is 11.4 Å². The maximum atomic E-state index is 11.4. The summed E-state index contributed by atoms with van der Waals surface area (Å²) in [6.45, 7) is 3.61. The third-order valence-corrected chi connectivity index (χ3v) is 2.66. The second-order valence-corrected chi connectivity index (χ2v) is 4.27. The number of aliphatic imine (C=N–C) groups is 1. The van der Waals surface area contributed by atoms with Crippen LogP contribution in [0.2, 0.25) is 0 Å². The first-order valence-corrected chi connectivity index (χ1v) is 4.98. The highest BCUT2D eigenvalue weighted by Crippen LogP contribution is 2.18.